The van der Waals surface area contributed by atoms with Crippen molar-refractivity contribution >= 4 is 17.6 Å². The van der Waals surface area contributed by atoms with Crippen LogP contribution < -0.4 is 16.7 Å². The molecule has 82 valence electrons. The standard InChI is InChI=1S/C9H14N4OS/c10-8-4-6(12-9(14)13-8)3-7-5-15-2-1-11-7/h4,7,11H,1-3,5H2,(H3,10,12,13,14). The van der Waals surface area contributed by atoms with Crippen LogP contribution in [0.15, 0.2) is 10.9 Å². The van der Waals surface area contributed by atoms with Gasteiger partial charge in [0.1, 0.15) is 5.82 Å². The van der Waals surface area contributed by atoms with Crippen LogP contribution >= 0.6 is 11.8 Å². The van der Waals surface area contributed by atoms with Gasteiger partial charge in [0.2, 0.25) is 0 Å². The highest BCUT2D eigenvalue weighted by molar-refractivity contribution is 7.99. The molecule has 1 aliphatic heterocycles. The second-order valence-corrected chi connectivity index (χ2v) is 4.72. The van der Waals surface area contributed by atoms with Crippen molar-refractivity contribution < 1.29 is 0 Å². The van der Waals surface area contributed by atoms with Crippen LogP contribution in [-0.2, 0) is 6.42 Å². The van der Waals surface area contributed by atoms with Gasteiger partial charge < -0.3 is 16.0 Å². The zero-order chi connectivity index (χ0) is 10.7. The summed E-state index contributed by atoms with van der Waals surface area (Å²) in [5, 5.41) is 3.40. The molecule has 15 heavy (non-hydrogen) atoms. The Balaban J connectivity index is 2.06. The summed E-state index contributed by atoms with van der Waals surface area (Å²) in [6.07, 6.45) is 0.801. The van der Waals surface area contributed by atoms with Crippen molar-refractivity contribution in [3.8, 4) is 0 Å². The molecule has 1 atom stereocenters. The Labute approximate surface area is 91.9 Å². The van der Waals surface area contributed by atoms with Crippen molar-refractivity contribution in [2.75, 3.05) is 23.8 Å². The summed E-state index contributed by atoms with van der Waals surface area (Å²) in [7, 11) is 0. The fourth-order valence-electron chi connectivity index (χ4n) is 1.66. The number of anilines is 1. The summed E-state index contributed by atoms with van der Waals surface area (Å²) in [4.78, 5) is 17.3. The minimum atomic E-state index is -0.367. The molecule has 1 aromatic rings. The maximum absolute atomic E-state index is 11.1. The highest BCUT2D eigenvalue weighted by Crippen LogP contribution is 2.11. The van der Waals surface area contributed by atoms with Crippen LogP contribution in [0.1, 0.15) is 5.69 Å². The molecule has 1 aliphatic rings. The average Bonchev–Trinajstić information content (AvgIpc) is 2.17. The number of hydrogen-bond donors (Lipinski definition) is 3. The SMILES string of the molecule is Nc1cc(CC2CSCCN2)[nH]c(=O)n1. The lowest BCUT2D eigenvalue weighted by molar-refractivity contribution is 0.556. The van der Waals surface area contributed by atoms with Gasteiger partial charge in [-0.3, -0.25) is 0 Å². The number of rotatable bonds is 2. The number of thioether (sulfide) groups is 1. The van der Waals surface area contributed by atoms with E-state index in [9.17, 15) is 4.79 Å². The van der Waals surface area contributed by atoms with E-state index in [2.05, 4.69) is 15.3 Å². The van der Waals surface area contributed by atoms with Crippen molar-refractivity contribution in [3.05, 3.63) is 22.2 Å². The van der Waals surface area contributed by atoms with Gasteiger partial charge in [-0.15, -0.1) is 0 Å². The van der Waals surface area contributed by atoms with Crippen molar-refractivity contribution in [3.63, 3.8) is 0 Å². The Morgan fingerprint density at radius 2 is 2.53 bits per heavy atom. The van der Waals surface area contributed by atoms with Crippen molar-refractivity contribution in [2.45, 2.75) is 12.5 Å². The number of hydrogen-bond acceptors (Lipinski definition) is 5. The van der Waals surface area contributed by atoms with Crippen LogP contribution in [0.3, 0.4) is 0 Å². The van der Waals surface area contributed by atoms with Crippen LogP contribution in [0.2, 0.25) is 0 Å². The maximum Gasteiger partial charge on any atom is 0.347 e. The summed E-state index contributed by atoms with van der Waals surface area (Å²) in [6.45, 7) is 1.03. The Morgan fingerprint density at radius 3 is 3.20 bits per heavy atom. The Hall–Kier alpha value is -1.01. The van der Waals surface area contributed by atoms with Crippen LogP contribution in [0, 0.1) is 0 Å². The Kier molecular flexibility index (Phi) is 3.27. The van der Waals surface area contributed by atoms with Gasteiger partial charge in [0, 0.05) is 36.2 Å². The zero-order valence-electron chi connectivity index (χ0n) is 8.32. The van der Waals surface area contributed by atoms with Gasteiger partial charge in [-0.25, -0.2) is 4.79 Å². The van der Waals surface area contributed by atoms with Gasteiger partial charge in [-0.1, -0.05) is 0 Å². The molecule has 4 N–H and O–H groups in total. The van der Waals surface area contributed by atoms with Crippen molar-refractivity contribution in [1.29, 1.82) is 0 Å². The maximum atomic E-state index is 11.1. The molecule has 0 saturated carbocycles. The first kappa shape index (κ1) is 10.5. The lowest BCUT2D eigenvalue weighted by atomic mass is 10.1. The number of nitrogen functional groups attached to an aromatic ring is 1. The molecule has 1 saturated heterocycles. The van der Waals surface area contributed by atoms with E-state index < -0.39 is 0 Å². The van der Waals surface area contributed by atoms with E-state index in [0.717, 1.165) is 30.2 Å². The number of nitrogens with one attached hydrogen (secondary N) is 2. The molecule has 2 rings (SSSR count). The van der Waals surface area contributed by atoms with E-state index in [-0.39, 0.29) is 11.5 Å². The molecule has 1 unspecified atom stereocenters. The van der Waals surface area contributed by atoms with Gasteiger partial charge in [-0.2, -0.15) is 16.7 Å². The largest absolute Gasteiger partial charge is 0.383 e. The van der Waals surface area contributed by atoms with Crippen LogP contribution in [-0.4, -0.2) is 34.1 Å². The minimum Gasteiger partial charge on any atom is -0.383 e. The van der Waals surface area contributed by atoms with Crippen LogP contribution in [0.25, 0.3) is 0 Å². The van der Waals surface area contributed by atoms with Gasteiger partial charge in [-0.05, 0) is 6.07 Å². The fourth-order valence-corrected chi connectivity index (χ4v) is 2.60. The predicted octanol–water partition coefficient (Wildman–Crippen LogP) is -0.400. The number of H-pyrrole nitrogens is 1. The summed E-state index contributed by atoms with van der Waals surface area (Å²) in [5.41, 5.74) is 5.99. The van der Waals surface area contributed by atoms with E-state index in [1.54, 1.807) is 6.07 Å². The smallest absolute Gasteiger partial charge is 0.347 e. The van der Waals surface area contributed by atoms with E-state index in [1.807, 2.05) is 11.8 Å². The lowest BCUT2D eigenvalue weighted by Crippen LogP contribution is -2.39. The quantitative estimate of drug-likeness (QED) is 0.639. The first-order valence-corrected chi connectivity index (χ1v) is 6.06. The average molecular weight is 226 g/mol. The van der Waals surface area contributed by atoms with E-state index in [1.165, 1.54) is 0 Å². The minimum absolute atomic E-state index is 0.289. The number of nitrogens with zero attached hydrogens (tertiary/aromatic N) is 1. The molecule has 0 aromatic carbocycles. The molecule has 0 amide bonds. The summed E-state index contributed by atoms with van der Waals surface area (Å²) >= 11 is 1.93. The summed E-state index contributed by atoms with van der Waals surface area (Å²) in [5.74, 6) is 2.52. The monoisotopic (exact) mass is 226 g/mol. The topological polar surface area (TPSA) is 83.8 Å². The first-order chi connectivity index (χ1) is 7.24. The molecule has 2 heterocycles. The highest BCUT2D eigenvalue weighted by atomic mass is 32.2. The van der Waals surface area contributed by atoms with Gasteiger partial charge >= 0.3 is 5.69 Å². The second kappa shape index (κ2) is 4.67. The third-order valence-electron chi connectivity index (χ3n) is 2.29. The summed E-state index contributed by atoms with van der Waals surface area (Å²) in [6, 6.07) is 2.14. The first-order valence-electron chi connectivity index (χ1n) is 4.91. The van der Waals surface area contributed by atoms with Crippen molar-refractivity contribution in [1.82, 2.24) is 15.3 Å². The molecule has 1 fully saturated rings. The molecule has 0 bridgehead atoms. The second-order valence-electron chi connectivity index (χ2n) is 3.57. The molecule has 6 heteroatoms. The molecule has 5 nitrogen and oxygen atoms in total. The van der Waals surface area contributed by atoms with Gasteiger partial charge in [0.15, 0.2) is 0 Å². The molecule has 0 radical (unpaired) electrons. The zero-order valence-corrected chi connectivity index (χ0v) is 9.14. The van der Waals surface area contributed by atoms with Crippen LogP contribution in [0.4, 0.5) is 5.82 Å². The van der Waals surface area contributed by atoms with E-state index in [4.69, 9.17) is 5.73 Å². The molecular formula is C9H14N4OS. The molecule has 0 spiro atoms. The third kappa shape index (κ3) is 2.97. The third-order valence-corrected chi connectivity index (χ3v) is 3.42. The van der Waals surface area contributed by atoms with Gasteiger partial charge in [0.25, 0.3) is 0 Å². The highest BCUT2D eigenvalue weighted by Gasteiger charge is 2.13. The molecule has 1 aromatic heterocycles. The van der Waals surface area contributed by atoms with E-state index >= 15 is 0 Å². The molecular weight excluding hydrogens is 212 g/mol. The summed E-state index contributed by atoms with van der Waals surface area (Å²) < 4.78 is 0. The number of aromatic nitrogens is 2. The van der Waals surface area contributed by atoms with Gasteiger partial charge in [0.05, 0.1) is 0 Å². The Morgan fingerprint density at radius 1 is 1.67 bits per heavy atom. The number of aromatic amines is 1. The predicted molar refractivity (Wildman–Crippen MR) is 62.1 cm³/mol. The van der Waals surface area contributed by atoms with Crippen molar-refractivity contribution in [2.24, 2.45) is 0 Å². The number of nitrogens with two attached hydrogens (primary N) is 1. The normalized spacial score (nSPS) is 21.5. The fraction of sp³-hybridized carbons (Fsp3) is 0.556. The van der Waals surface area contributed by atoms with Crippen LogP contribution in [0.5, 0.6) is 0 Å². The van der Waals surface area contributed by atoms with E-state index in [0.29, 0.717) is 6.04 Å². The lowest BCUT2D eigenvalue weighted by Gasteiger charge is -2.22. The Bertz CT molecular complexity index is 386. The molecule has 0 aliphatic carbocycles.